The maximum atomic E-state index is 13.1. The van der Waals surface area contributed by atoms with Gasteiger partial charge in [0.1, 0.15) is 10.6 Å². The van der Waals surface area contributed by atoms with Crippen LogP contribution in [0.1, 0.15) is 26.7 Å². The lowest BCUT2D eigenvalue weighted by Crippen LogP contribution is -2.45. The Morgan fingerprint density at radius 1 is 1.19 bits per heavy atom. The molecule has 2 amide bonds. The minimum Gasteiger partial charge on any atom is -0.495 e. The minimum atomic E-state index is -3.79. The fourth-order valence-electron chi connectivity index (χ4n) is 3.88. The van der Waals surface area contributed by atoms with E-state index in [1.165, 1.54) is 17.5 Å². The summed E-state index contributed by atoms with van der Waals surface area (Å²) in [6, 6.07) is 4.59. The summed E-state index contributed by atoms with van der Waals surface area (Å²) in [5.74, 6) is -0.410. The van der Waals surface area contributed by atoms with Crippen LogP contribution in [0.4, 0.5) is 5.69 Å². The van der Waals surface area contributed by atoms with E-state index >= 15 is 0 Å². The lowest BCUT2D eigenvalue weighted by Gasteiger charge is -2.33. The SMILES string of the molecule is COc1ccc(NC(=O)C2CCCN(C(=O)C(C)C)C2)cc1S(=O)(=O)N1CCOCC1. The van der Waals surface area contributed by atoms with Gasteiger partial charge >= 0.3 is 0 Å². The molecule has 0 spiro atoms. The van der Waals surface area contributed by atoms with E-state index in [-0.39, 0.29) is 47.4 Å². The van der Waals surface area contributed by atoms with E-state index in [4.69, 9.17) is 9.47 Å². The number of hydrogen-bond acceptors (Lipinski definition) is 6. The normalized spacial score (nSPS) is 20.5. The molecule has 3 rings (SSSR count). The Morgan fingerprint density at radius 2 is 1.90 bits per heavy atom. The number of morpholine rings is 1. The number of benzene rings is 1. The topological polar surface area (TPSA) is 105 Å². The van der Waals surface area contributed by atoms with Gasteiger partial charge in [-0.15, -0.1) is 0 Å². The summed E-state index contributed by atoms with van der Waals surface area (Å²) in [6.45, 7) is 5.94. The van der Waals surface area contributed by atoms with E-state index in [1.54, 1.807) is 17.0 Å². The van der Waals surface area contributed by atoms with Gasteiger partial charge in [0.25, 0.3) is 0 Å². The molecule has 10 heteroatoms. The van der Waals surface area contributed by atoms with Crippen LogP contribution < -0.4 is 10.1 Å². The lowest BCUT2D eigenvalue weighted by molar-refractivity contribution is -0.137. The lowest BCUT2D eigenvalue weighted by atomic mass is 9.96. The molecule has 0 radical (unpaired) electrons. The van der Waals surface area contributed by atoms with Gasteiger partial charge in [-0.05, 0) is 31.0 Å². The summed E-state index contributed by atoms with van der Waals surface area (Å²) >= 11 is 0. The number of piperidine rings is 1. The van der Waals surface area contributed by atoms with Crippen molar-refractivity contribution < 1.29 is 27.5 Å². The Morgan fingerprint density at radius 3 is 2.55 bits per heavy atom. The molecule has 0 aliphatic carbocycles. The molecule has 2 heterocycles. The smallest absolute Gasteiger partial charge is 0.246 e. The standard InChI is InChI=1S/C21H31N3O6S/c1-15(2)21(26)23-8-4-5-16(14-23)20(25)22-17-6-7-18(29-3)19(13-17)31(27,28)24-9-11-30-12-10-24/h6-7,13,15-16H,4-5,8-12,14H2,1-3H3,(H,22,25). The van der Waals surface area contributed by atoms with E-state index in [9.17, 15) is 18.0 Å². The Kier molecular flexibility index (Phi) is 7.55. The summed E-state index contributed by atoms with van der Waals surface area (Å²) in [5.41, 5.74) is 0.380. The number of methoxy groups -OCH3 is 1. The van der Waals surface area contributed by atoms with Gasteiger partial charge in [-0.2, -0.15) is 4.31 Å². The van der Waals surface area contributed by atoms with Crippen LogP contribution in [0.2, 0.25) is 0 Å². The van der Waals surface area contributed by atoms with Crippen LogP contribution in [0.5, 0.6) is 5.75 Å². The van der Waals surface area contributed by atoms with Gasteiger partial charge in [0.15, 0.2) is 0 Å². The number of anilines is 1. The zero-order chi connectivity index (χ0) is 22.6. The van der Waals surface area contributed by atoms with E-state index in [0.717, 1.165) is 6.42 Å². The fourth-order valence-corrected chi connectivity index (χ4v) is 5.47. The number of amides is 2. The molecule has 2 fully saturated rings. The molecular weight excluding hydrogens is 422 g/mol. The number of carbonyl (C=O) groups is 2. The van der Waals surface area contributed by atoms with Gasteiger partial charge in [0, 0.05) is 37.8 Å². The van der Waals surface area contributed by atoms with Gasteiger partial charge in [0.2, 0.25) is 21.8 Å². The Balaban J connectivity index is 1.77. The highest BCUT2D eigenvalue weighted by atomic mass is 32.2. The highest BCUT2D eigenvalue weighted by molar-refractivity contribution is 7.89. The molecule has 1 N–H and O–H groups in total. The molecule has 0 bridgehead atoms. The first-order valence-electron chi connectivity index (χ1n) is 10.6. The van der Waals surface area contributed by atoms with Crippen molar-refractivity contribution in [3.8, 4) is 5.75 Å². The van der Waals surface area contributed by atoms with E-state index < -0.39 is 10.0 Å². The molecule has 2 aliphatic heterocycles. The maximum absolute atomic E-state index is 13.1. The van der Waals surface area contributed by atoms with Crippen LogP contribution in [0.3, 0.4) is 0 Å². The predicted molar refractivity (Wildman–Crippen MR) is 115 cm³/mol. The van der Waals surface area contributed by atoms with Crippen LogP contribution in [0.25, 0.3) is 0 Å². The minimum absolute atomic E-state index is 0.00922. The summed E-state index contributed by atoms with van der Waals surface area (Å²) in [7, 11) is -2.38. The van der Waals surface area contributed by atoms with Crippen molar-refractivity contribution in [2.24, 2.45) is 11.8 Å². The third-order valence-electron chi connectivity index (χ3n) is 5.62. The number of ether oxygens (including phenoxy) is 2. The number of carbonyl (C=O) groups excluding carboxylic acids is 2. The predicted octanol–water partition coefficient (Wildman–Crippen LogP) is 1.55. The third-order valence-corrected chi connectivity index (χ3v) is 7.54. The number of likely N-dealkylation sites (tertiary alicyclic amines) is 1. The average Bonchev–Trinajstić information content (AvgIpc) is 2.79. The Labute approximate surface area is 183 Å². The second-order valence-corrected chi connectivity index (χ2v) is 10.1. The average molecular weight is 454 g/mol. The number of rotatable bonds is 6. The molecule has 1 aromatic carbocycles. The van der Waals surface area contributed by atoms with Crippen molar-refractivity contribution >= 4 is 27.5 Å². The number of hydrogen-bond donors (Lipinski definition) is 1. The second kappa shape index (κ2) is 9.97. The maximum Gasteiger partial charge on any atom is 0.246 e. The molecule has 2 aliphatic rings. The molecule has 0 aromatic heterocycles. The quantitative estimate of drug-likeness (QED) is 0.701. The first kappa shape index (κ1) is 23.5. The summed E-state index contributed by atoms with van der Waals surface area (Å²) in [5, 5.41) is 2.83. The van der Waals surface area contributed by atoms with Crippen LogP contribution in [0, 0.1) is 11.8 Å². The highest BCUT2D eigenvalue weighted by Crippen LogP contribution is 2.30. The van der Waals surface area contributed by atoms with Gasteiger partial charge in [-0.25, -0.2) is 8.42 Å². The van der Waals surface area contributed by atoms with Gasteiger partial charge < -0.3 is 19.7 Å². The Bertz CT molecular complexity index is 912. The second-order valence-electron chi connectivity index (χ2n) is 8.15. The molecule has 1 aromatic rings. The first-order chi connectivity index (χ1) is 14.7. The monoisotopic (exact) mass is 453 g/mol. The van der Waals surface area contributed by atoms with Gasteiger partial charge in [-0.3, -0.25) is 9.59 Å². The zero-order valence-corrected chi connectivity index (χ0v) is 19.1. The van der Waals surface area contributed by atoms with Gasteiger partial charge in [-0.1, -0.05) is 13.8 Å². The largest absolute Gasteiger partial charge is 0.495 e. The van der Waals surface area contributed by atoms with Crippen molar-refractivity contribution in [3.63, 3.8) is 0 Å². The van der Waals surface area contributed by atoms with E-state index in [0.29, 0.717) is 38.4 Å². The van der Waals surface area contributed by atoms with E-state index in [1.807, 2.05) is 13.8 Å². The van der Waals surface area contributed by atoms with Crippen LogP contribution in [-0.2, 0) is 24.3 Å². The highest BCUT2D eigenvalue weighted by Gasteiger charge is 2.31. The van der Waals surface area contributed by atoms with E-state index in [2.05, 4.69) is 5.32 Å². The van der Waals surface area contributed by atoms with Crippen molar-refractivity contribution in [2.45, 2.75) is 31.6 Å². The third kappa shape index (κ3) is 5.36. The van der Waals surface area contributed by atoms with Crippen LogP contribution in [-0.4, -0.2) is 75.9 Å². The van der Waals surface area contributed by atoms with Crippen LogP contribution >= 0.6 is 0 Å². The van der Waals surface area contributed by atoms with Crippen molar-refractivity contribution in [1.29, 1.82) is 0 Å². The molecular formula is C21H31N3O6S. The van der Waals surface area contributed by atoms with Crippen molar-refractivity contribution in [3.05, 3.63) is 18.2 Å². The van der Waals surface area contributed by atoms with Gasteiger partial charge in [0.05, 0.1) is 26.2 Å². The fraction of sp³-hybridized carbons (Fsp3) is 0.619. The summed E-state index contributed by atoms with van der Waals surface area (Å²) in [6.07, 6.45) is 1.44. The summed E-state index contributed by atoms with van der Waals surface area (Å²) in [4.78, 5) is 26.9. The molecule has 1 unspecified atom stereocenters. The first-order valence-corrected chi connectivity index (χ1v) is 12.0. The molecule has 9 nitrogen and oxygen atoms in total. The zero-order valence-electron chi connectivity index (χ0n) is 18.3. The van der Waals surface area contributed by atoms with Crippen LogP contribution in [0.15, 0.2) is 23.1 Å². The number of nitrogens with zero attached hydrogens (tertiary/aromatic N) is 2. The molecule has 31 heavy (non-hydrogen) atoms. The molecule has 1 atom stereocenters. The molecule has 0 saturated carbocycles. The summed E-state index contributed by atoms with van der Waals surface area (Å²) < 4.78 is 38.1. The number of nitrogens with one attached hydrogen (secondary N) is 1. The molecule has 2 saturated heterocycles. The van der Waals surface area contributed by atoms with Crippen molar-refractivity contribution in [2.75, 3.05) is 51.8 Å². The number of sulfonamides is 1. The molecule has 172 valence electrons. The van der Waals surface area contributed by atoms with Crippen molar-refractivity contribution in [1.82, 2.24) is 9.21 Å². The Hall–Kier alpha value is -2.17.